The summed E-state index contributed by atoms with van der Waals surface area (Å²) in [6.45, 7) is -2.87. The van der Waals surface area contributed by atoms with E-state index in [1.54, 1.807) is 18.2 Å². The average molecular weight is 357 g/mol. The van der Waals surface area contributed by atoms with Gasteiger partial charge in [-0.15, -0.1) is 0 Å². The number of nitrogens with one attached hydrogen (secondary N) is 2. The molecule has 110 valence electrons. The molecule has 0 saturated heterocycles. The molecule has 21 heavy (non-hydrogen) atoms. The van der Waals surface area contributed by atoms with Crippen molar-refractivity contribution in [1.29, 1.82) is 0 Å². The first kappa shape index (κ1) is 15.2. The highest BCUT2D eigenvalue weighted by molar-refractivity contribution is 9.10. The van der Waals surface area contributed by atoms with Crippen molar-refractivity contribution in [3.8, 4) is 5.75 Å². The van der Waals surface area contributed by atoms with E-state index in [1.165, 1.54) is 24.3 Å². The summed E-state index contributed by atoms with van der Waals surface area (Å²) in [6, 6.07) is 12.3. The van der Waals surface area contributed by atoms with Crippen LogP contribution in [0, 0.1) is 0 Å². The van der Waals surface area contributed by atoms with Crippen molar-refractivity contribution < 1.29 is 18.3 Å². The number of ether oxygens (including phenoxy) is 1. The zero-order chi connectivity index (χ0) is 15.2. The number of anilines is 2. The summed E-state index contributed by atoms with van der Waals surface area (Å²) in [4.78, 5) is 11.8. The molecule has 4 nitrogen and oxygen atoms in total. The molecule has 0 spiro atoms. The lowest BCUT2D eigenvalue weighted by atomic mass is 10.3. The number of carbonyl (C=O) groups excluding carboxylic acids is 1. The van der Waals surface area contributed by atoms with Crippen molar-refractivity contribution in [1.82, 2.24) is 0 Å². The van der Waals surface area contributed by atoms with Crippen LogP contribution in [0.25, 0.3) is 0 Å². The maximum atomic E-state index is 12.0. The number of urea groups is 1. The molecule has 2 amide bonds. The minimum Gasteiger partial charge on any atom is -0.435 e. The van der Waals surface area contributed by atoms with Gasteiger partial charge in [0, 0.05) is 10.2 Å². The lowest BCUT2D eigenvalue weighted by Gasteiger charge is -2.10. The lowest BCUT2D eigenvalue weighted by Crippen LogP contribution is -2.19. The van der Waals surface area contributed by atoms with Crippen LogP contribution in [-0.4, -0.2) is 12.6 Å². The Bertz CT molecular complexity index is 621. The Morgan fingerprint density at radius 1 is 1.05 bits per heavy atom. The van der Waals surface area contributed by atoms with Gasteiger partial charge in [0.1, 0.15) is 5.75 Å². The van der Waals surface area contributed by atoms with E-state index < -0.39 is 12.6 Å². The van der Waals surface area contributed by atoms with Crippen molar-refractivity contribution >= 4 is 33.3 Å². The number of hydrogen-bond donors (Lipinski definition) is 2. The fraction of sp³-hybridized carbons (Fsp3) is 0.0714. The van der Waals surface area contributed by atoms with Crippen LogP contribution in [0.5, 0.6) is 5.75 Å². The molecule has 0 unspecified atom stereocenters. The van der Waals surface area contributed by atoms with Crippen LogP contribution in [0.15, 0.2) is 53.0 Å². The van der Waals surface area contributed by atoms with E-state index in [9.17, 15) is 13.6 Å². The summed E-state index contributed by atoms with van der Waals surface area (Å²) in [5.41, 5.74) is 1.08. The van der Waals surface area contributed by atoms with Crippen LogP contribution in [0.3, 0.4) is 0 Å². The molecule has 0 saturated carbocycles. The summed E-state index contributed by atoms with van der Waals surface area (Å²) in [6.07, 6.45) is 0. The van der Waals surface area contributed by atoms with Crippen molar-refractivity contribution in [3.05, 3.63) is 53.0 Å². The fourth-order valence-corrected chi connectivity index (χ4v) is 1.95. The van der Waals surface area contributed by atoms with E-state index in [0.29, 0.717) is 11.4 Å². The molecule has 0 radical (unpaired) electrons. The van der Waals surface area contributed by atoms with Gasteiger partial charge in [0.15, 0.2) is 0 Å². The minimum absolute atomic E-state index is 0.0294. The van der Waals surface area contributed by atoms with Gasteiger partial charge in [0.05, 0.1) is 5.69 Å². The van der Waals surface area contributed by atoms with Crippen LogP contribution < -0.4 is 15.4 Å². The highest BCUT2D eigenvalue weighted by atomic mass is 79.9. The van der Waals surface area contributed by atoms with Crippen LogP contribution in [0.1, 0.15) is 0 Å². The predicted octanol–water partition coefficient (Wildman–Crippen LogP) is 4.69. The molecule has 0 aromatic heterocycles. The van der Waals surface area contributed by atoms with Crippen LogP contribution in [0.4, 0.5) is 25.0 Å². The topological polar surface area (TPSA) is 50.4 Å². The molecule has 0 bridgehead atoms. The molecule has 0 aliphatic carbocycles. The molecular formula is C14H11BrF2N2O2. The first-order valence-electron chi connectivity index (χ1n) is 5.92. The molecule has 0 atom stereocenters. The third kappa shape index (κ3) is 4.71. The highest BCUT2D eigenvalue weighted by Gasteiger charge is 2.07. The zero-order valence-electron chi connectivity index (χ0n) is 10.6. The molecule has 0 heterocycles. The third-order valence-electron chi connectivity index (χ3n) is 2.46. The molecule has 2 aromatic rings. The molecule has 2 N–H and O–H groups in total. The number of alkyl halides is 2. The van der Waals surface area contributed by atoms with E-state index >= 15 is 0 Å². The molecular weight excluding hydrogens is 346 g/mol. The Hall–Kier alpha value is -2.15. The van der Waals surface area contributed by atoms with Gasteiger partial charge < -0.3 is 15.4 Å². The number of carbonyl (C=O) groups is 1. The Balaban J connectivity index is 1.95. The van der Waals surface area contributed by atoms with E-state index in [0.717, 1.165) is 4.47 Å². The Kier molecular flexibility index (Phi) is 5.10. The SMILES string of the molecule is O=C(Nc1ccc(OC(F)F)cc1)Nc1ccccc1Br. The fourth-order valence-electron chi connectivity index (χ4n) is 1.57. The standard InChI is InChI=1S/C14H11BrF2N2O2/c15-11-3-1-2-4-12(11)19-14(20)18-9-5-7-10(8-6-9)21-13(16)17/h1-8,13H,(H2,18,19,20). The highest BCUT2D eigenvalue weighted by Crippen LogP contribution is 2.22. The number of halogens is 3. The van der Waals surface area contributed by atoms with Crippen molar-refractivity contribution in [2.75, 3.05) is 10.6 Å². The lowest BCUT2D eigenvalue weighted by molar-refractivity contribution is -0.0498. The summed E-state index contributed by atoms with van der Waals surface area (Å²) in [5, 5.41) is 5.24. The molecule has 2 aromatic carbocycles. The predicted molar refractivity (Wildman–Crippen MR) is 79.9 cm³/mol. The Morgan fingerprint density at radius 3 is 2.33 bits per heavy atom. The number of rotatable bonds is 4. The summed E-state index contributed by atoms with van der Waals surface area (Å²) < 4.78 is 29.0. The third-order valence-corrected chi connectivity index (χ3v) is 3.15. The first-order chi connectivity index (χ1) is 10.0. The quantitative estimate of drug-likeness (QED) is 0.834. The summed E-state index contributed by atoms with van der Waals surface area (Å²) in [5.74, 6) is 0.0294. The molecule has 0 aliphatic rings. The normalized spacial score (nSPS) is 10.3. The van der Waals surface area contributed by atoms with Gasteiger partial charge in [-0.25, -0.2) is 4.79 Å². The van der Waals surface area contributed by atoms with Gasteiger partial charge in [-0.3, -0.25) is 0 Å². The molecule has 0 aliphatic heterocycles. The monoisotopic (exact) mass is 356 g/mol. The molecule has 7 heteroatoms. The largest absolute Gasteiger partial charge is 0.435 e. The summed E-state index contributed by atoms with van der Waals surface area (Å²) in [7, 11) is 0. The van der Waals surface area contributed by atoms with E-state index in [4.69, 9.17) is 0 Å². The number of para-hydroxylation sites is 1. The van der Waals surface area contributed by atoms with Gasteiger partial charge in [-0.1, -0.05) is 12.1 Å². The van der Waals surface area contributed by atoms with Crippen molar-refractivity contribution in [2.24, 2.45) is 0 Å². The van der Waals surface area contributed by atoms with Crippen molar-refractivity contribution in [3.63, 3.8) is 0 Å². The Morgan fingerprint density at radius 2 is 1.71 bits per heavy atom. The van der Waals surface area contributed by atoms with E-state index in [1.807, 2.05) is 6.07 Å². The van der Waals surface area contributed by atoms with Crippen LogP contribution in [0.2, 0.25) is 0 Å². The molecule has 2 rings (SSSR count). The molecule has 0 fully saturated rings. The van der Waals surface area contributed by atoms with Gasteiger partial charge in [0.2, 0.25) is 0 Å². The average Bonchev–Trinajstić information content (AvgIpc) is 2.43. The van der Waals surface area contributed by atoms with Gasteiger partial charge in [-0.05, 0) is 52.3 Å². The minimum atomic E-state index is -2.87. The Labute approximate surface area is 128 Å². The van der Waals surface area contributed by atoms with E-state index in [2.05, 4.69) is 31.3 Å². The van der Waals surface area contributed by atoms with Gasteiger partial charge in [0.25, 0.3) is 0 Å². The van der Waals surface area contributed by atoms with Crippen LogP contribution in [-0.2, 0) is 0 Å². The second kappa shape index (κ2) is 7.03. The van der Waals surface area contributed by atoms with Gasteiger partial charge >= 0.3 is 12.6 Å². The maximum Gasteiger partial charge on any atom is 0.387 e. The van der Waals surface area contributed by atoms with Crippen molar-refractivity contribution in [2.45, 2.75) is 6.61 Å². The van der Waals surface area contributed by atoms with E-state index in [-0.39, 0.29) is 5.75 Å². The summed E-state index contributed by atoms with van der Waals surface area (Å²) >= 11 is 3.31. The number of benzene rings is 2. The smallest absolute Gasteiger partial charge is 0.387 e. The van der Waals surface area contributed by atoms with Gasteiger partial charge in [-0.2, -0.15) is 8.78 Å². The van der Waals surface area contributed by atoms with Crippen LogP contribution >= 0.6 is 15.9 Å². The second-order valence-electron chi connectivity index (χ2n) is 3.96. The zero-order valence-corrected chi connectivity index (χ0v) is 12.2. The number of hydrogen-bond acceptors (Lipinski definition) is 2. The maximum absolute atomic E-state index is 12.0. The number of amides is 2. The second-order valence-corrected chi connectivity index (χ2v) is 4.82. The first-order valence-corrected chi connectivity index (χ1v) is 6.71.